The van der Waals surface area contributed by atoms with Crippen molar-refractivity contribution >= 4 is 16.5 Å². The lowest BCUT2D eigenvalue weighted by atomic mass is 10.1. The summed E-state index contributed by atoms with van der Waals surface area (Å²) in [7, 11) is 0. The highest BCUT2D eigenvalue weighted by molar-refractivity contribution is 5.91. The van der Waals surface area contributed by atoms with Crippen molar-refractivity contribution in [2.24, 2.45) is 0 Å². The quantitative estimate of drug-likeness (QED) is 0.544. The molecule has 3 N–H and O–H groups in total. The van der Waals surface area contributed by atoms with Gasteiger partial charge in [-0.25, -0.2) is 0 Å². The van der Waals surface area contributed by atoms with E-state index in [1.54, 1.807) is 18.2 Å². The topological polar surface area (TPSA) is 87.0 Å². The Bertz CT molecular complexity index is 630. The van der Waals surface area contributed by atoms with E-state index in [0.29, 0.717) is 23.1 Å². The van der Waals surface area contributed by atoms with Gasteiger partial charge in [-0.3, -0.25) is 30.1 Å². The van der Waals surface area contributed by atoms with E-state index in [1.165, 1.54) is 0 Å². The summed E-state index contributed by atoms with van der Waals surface area (Å²) in [6, 6.07) is 4.97. The van der Waals surface area contributed by atoms with Gasteiger partial charge in [-0.2, -0.15) is 0 Å². The lowest BCUT2D eigenvalue weighted by Crippen LogP contribution is -2.20. The van der Waals surface area contributed by atoms with E-state index in [-0.39, 0.29) is 11.1 Å². The number of aromatic nitrogens is 2. The van der Waals surface area contributed by atoms with Gasteiger partial charge in [0.1, 0.15) is 0 Å². The fraction of sp³-hybridized carbons (Fsp3) is 0.273. The first-order valence-corrected chi connectivity index (χ1v) is 5.35. The minimum atomic E-state index is -0.359. The van der Waals surface area contributed by atoms with Crippen molar-refractivity contribution in [3.63, 3.8) is 0 Å². The highest BCUT2D eigenvalue weighted by atomic mass is 16.6. The van der Waals surface area contributed by atoms with Crippen LogP contribution >= 0.6 is 0 Å². The molecule has 1 heterocycles. The summed E-state index contributed by atoms with van der Waals surface area (Å²) in [5.41, 5.74) is 2.48. The summed E-state index contributed by atoms with van der Waals surface area (Å²) >= 11 is 0. The zero-order valence-corrected chi connectivity index (χ0v) is 9.37. The zero-order valence-electron chi connectivity index (χ0n) is 9.37. The molecule has 0 bridgehead atoms. The number of hydrogen-bond donors (Lipinski definition) is 3. The average Bonchev–Trinajstić information content (AvgIpc) is 2.34. The fourth-order valence-electron chi connectivity index (χ4n) is 1.55. The molecule has 0 amide bonds. The molecule has 0 saturated carbocycles. The zero-order chi connectivity index (χ0) is 12.3. The smallest absolute Gasteiger partial charge is 0.272 e. The van der Waals surface area contributed by atoms with Gasteiger partial charge in [-0.1, -0.05) is 13.0 Å². The number of H-pyrrole nitrogens is 2. The van der Waals surface area contributed by atoms with Crippen LogP contribution < -0.4 is 16.6 Å². The number of benzene rings is 1. The van der Waals surface area contributed by atoms with E-state index in [4.69, 9.17) is 4.84 Å². The van der Waals surface area contributed by atoms with Gasteiger partial charge >= 0.3 is 0 Å². The van der Waals surface area contributed by atoms with Crippen molar-refractivity contribution in [1.29, 1.82) is 0 Å². The molecule has 1 aromatic carbocycles. The molecule has 0 fully saturated rings. The summed E-state index contributed by atoms with van der Waals surface area (Å²) in [4.78, 5) is 28.3. The van der Waals surface area contributed by atoms with Gasteiger partial charge < -0.3 is 0 Å². The summed E-state index contributed by atoms with van der Waals surface area (Å²) in [6.07, 6.45) is 0.856. The van der Waals surface area contributed by atoms with Crippen LogP contribution in [0.25, 0.3) is 10.8 Å². The van der Waals surface area contributed by atoms with Crippen molar-refractivity contribution in [2.45, 2.75) is 13.3 Å². The van der Waals surface area contributed by atoms with Crippen LogP contribution in [-0.2, 0) is 4.84 Å². The van der Waals surface area contributed by atoms with Crippen LogP contribution in [0.5, 0.6) is 0 Å². The van der Waals surface area contributed by atoms with Crippen LogP contribution in [0.3, 0.4) is 0 Å². The lowest BCUT2D eigenvalue weighted by molar-refractivity contribution is 0.195. The van der Waals surface area contributed by atoms with Crippen LogP contribution in [-0.4, -0.2) is 16.8 Å². The maximum absolute atomic E-state index is 11.7. The second kappa shape index (κ2) is 4.84. The Hall–Kier alpha value is -2.08. The molecule has 0 aliphatic heterocycles. The highest BCUT2D eigenvalue weighted by Crippen LogP contribution is 2.16. The van der Waals surface area contributed by atoms with E-state index in [9.17, 15) is 9.59 Å². The maximum atomic E-state index is 11.7. The molecule has 1 aromatic heterocycles. The molecule has 0 spiro atoms. The molecule has 17 heavy (non-hydrogen) atoms. The van der Waals surface area contributed by atoms with Crippen molar-refractivity contribution in [2.75, 3.05) is 12.1 Å². The first-order chi connectivity index (χ1) is 8.24. The number of rotatable bonds is 4. The van der Waals surface area contributed by atoms with Crippen molar-refractivity contribution in [3.8, 4) is 0 Å². The Kier molecular flexibility index (Phi) is 3.24. The Morgan fingerprint density at radius 1 is 1.24 bits per heavy atom. The largest absolute Gasteiger partial charge is 0.276 e. The van der Waals surface area contributed by atoms with E-state index < -0.39 is 0 Å². The standard InChI is InChI=1S/C11H13N3O3/c1-2-6-17-14-8-5-3-4-7-9(8)11(16)13-12-10(7)15/h3-5,14H,2,6H2,1H3,(H,12,15)(H,13,16). The minimum absolute atomic E-state index is 0.298. The van der Waals surface area contributed by atoms with Gasteiger partial charge in [-0.05, 0) is 18.6 Å². The predicted octanol–water partition coefficient (Wildman–Crippen LogP) is 0.970. The summed E-state index contributed by atoms with van der Waals surface area (Å²) < 4.78 is 0. The van der Waals surface area contributed by atoms with E-state index in [2.05, 4.69) is 15.7 Å². The Labute approximate surface area is 96.6 Å². The molecule has 2 rings (SSSR count). The third-order valence-corrected chi connectivity index (χ3v) is 2.31. The summed E-state index contributed by atoms with van der Waals surface area (Å²) in [6.45, 7) is 2.50. The third-order valence-electron chi connectivity index (χ3n) is 2.31. The van der Waals surface area contributed by atoms with Gasteiger partial charge in [0.15, 0.2) is 0 Å². The maximum Gasteiger partial charge on any atom is 0.272 e. The third kappa shape index (κ3) is 2.21. The van der Waals surface area contributed by atoms with Gasteiger partial charge in [0, 0.05) is 0 Å². The number of fused-ring (bicyclic) bond motifs is 1. The van der Waals surface area contributed by atoms with E-state index in [1.807, 2.05) is 6.92 Å². The van der Waals surface area contributed by atoms with Gasteiger partial charge in [0.25, 0.3) is 11.1 Å². The second-order valence-electron chi connectivity index (χ2n) is 3.59. The monoisotopic (exact) mass is 235 g/mol. The average molecular weight is 235 g/mol. The molecule has 0 atom stereocenters. The Balaban J connectivity index is 2.53. The molecule has 2 aromatic rings. The molecule has 6 heteroatoms. The van der Waals surface area contributed by atoms with Gasteiger partial charge in [0.2, 0.25) is 0 Å². The van der Waals surface area contributed by atoms with Crippen molar-refractivity contribution in [3.05, 3.63) is 38.9 Å². The lowest BCUT2D eigenvalue weighted by Gasteiger charge is -2.07. The minimum Gasteiger partial charge on any atom is -0.276 e. The van der Waals surface area contributed by atoms with Gasteiger partial charge in [0.05, 0.1) is 23.1 Å². The van der Waals surface area contributed by atoms with Crippen LogP contribution in [0.4, 0.5) is 5.69 Å². The summed E-state index contributed by atoms with van der Waals surface area (Å²) in [5, 5.41) is 5.19. The SMILES string of the molecule is CCCONc1cccc2c(=O)[nH][nH]c(=O)c12. The molecule has 0 saturated heterocycles. The van der Waals surface area contributed by atoms with Crippen LogP contribution in [0, 0.1) is 0 Å². The molecule has 0 radical (unpaired) electrons. The van der Waals surface area contributed by atoms with E-state index >= 15 is 0 Å². The fourth-order valence-corrected chi connectivity index (χ4v) is 1.55. The van der Waals surface area contributed by atoms with Crippen molar-refractivity contribution < 1.29 is 4.84 Å². The Morgan fingerprint density at radius 2 is 2.00 bits per heavy atom. The van der Waals surface area contributed by atoms with E-state index in [0.717, 1.165) is 6.42 Å². The predicted molar refractivity (Wildman–Crippen MR) is 65.1 cm³/mol. The first kappa shape index (κ1) is 11.4. The highest BCUT2D eigenvalue weighted by Gasteiger charge is 2.07. The first-order valence-electron chi connectivity index (χ1n) is 5.35. The molecular formula is C11H13N3O3. The number of hydrogen-bond acceptors (Lipinski definition) is 4. The summed E-state index contributed by atoms with van der Waals surface area (Å²) in [5.74, 6) is 0. The molecule has 0 aliphatic rings. The van der Waals surface area contributed by atoms with Crippen LogP contribution in [0.1, 0.15) is 13.3 Å². The van der Waals surface area contributed by atoms with Crippen LogP contribution in [0.2, 0.25) is 0 Å². The Morgan fingerprint density at radius 3 is 2.76 bits per heavy atom. The second-order valence-corrected chi connectivity index (χ2v) is 3.59. The molecule has 0 aliphatic carbocycles. The number of aromatic amines is 2. The number of anilines is 1. The number of nitrogens with one attached hydrogen (secondary N) is 3. The molecule has 0 unspecified atom stereocenters. The van der Waals surface area contributed by atoms with Crippen molar-refractivity contribution in [1.82, 2.24) is 10.2 Å². The molecular weight excluding hydrogens is 222 g/mol. The van der Waals surface area contributed by atoms with Gasteiger partial charge in [-0.15, -0.1) is 0 Å². The molecule has 90 valence electrons. The normalized spacial score (nSPS) is 10.6. The van der Waals surface area contributed by atoms with Crippen LogP contribution in [0.15, 0.2) is 27.8 Å². The molecule has 6 nitrogen and oxygen atoms in total.